The molecule has 0 aromatic heterocycles. The van der Waals surface area contributed by atoms with Gasteiger partial charge in [-0.05, 0) is 26.4 Å². The van der Waals surface area contributed by atoms with Crippen molar-refractivity contribution in [2.45, 2.75) is 13.3 Å². The average Bonchev–Trinajstić information content (AvgIpc) is 2.08. The van der Waals surface area contributed by atoms with Gasteiger partial charge in [-0.2, -0.15) is 0 Å². The fourth-order valence-electron chi connectivity index (χ4n) is 0.652. The Kier molecular flexibility index (Phi) is 12.5. The third kappa shape index (κ3) is 11.1. The molecule has 0 radical (unpaired) electrons. The van der Waals surface area contributed by atoms with Crippen LogP contribution in [0, 0.1) is 6.92 Å². The first kappa shape index (κ1) is 14.6. The topological polar surface area (TPSA) is 83.5 Å². The molecule has 0 aliphatic rings. The van der Waals surface area contributed by atoms with E-state index in [0.29, 0.717) is 0 Å². The second-order valence-corrected chi connectivity index (χ2v) is 2.59. The molecule has 6 N–H and O–H groups in total. The number of rotatable bonds is 2. The molecule has 0 heterocycles. The van der Waals surface area contributed by atoms with Crippen molar-refractivity contribution in [1.82, 2.24) is 0 Å². The molecular formula is C10H20N2O. The smallest absolute Gasteiger partial charge is 0.00653 e. The summed E-state index contributed by atoms with van der Waals surface area (Å²) in [5, 5.41) is 0. The number of aryl methyl sites for hydroxylation is 1. The molecule has 0 unspecified atom stereocenters. The van der Waals surface area contributed by atoms with Gasteiger partial charge in [-0.1, -0.05) is 35.9 Å². The fraction of sp³-hybridized carbons (Fsp3) is 0.400. The first-order valence-corrected chi connectivity index (χ1v) is 4.23. The largest absolute Gasteiger partial charge is 0.412 e. The van der Waals surface area contributed by atoms with Gasteiger partial charge in [0.1, 0.15) is 0 Å². The summed E-state index contributed by atoms with van der Waals surface area (Å²) in [6.07, 6.45) is 0.944. The van der Waals surface area contributed by atoms with Crippen molar-refractivity contribution in [3.63, 3.8) is 0 Å². The van der Waals surface area contributed by atoms with Gasteiger partial charge in [0.2, 0.25) is 0 Å². The molecule has 3 nitrogen and oxygen atoms in total. The van der Waals surface area contributed by atoms with E-state index in [4.69, 9.17) is 11.5 Å². The van der Waals surface area contributed by atoms with Crippen LogP contribution in [-0.4, -0.2) is 18.6 Å². The van der Waals surface area contributed by atoms with Gasteiger partial charge in [-0.15, -0.1) is 0 Å². The Morgan fingerprint density at radius 1 is 1.00 bits per heavy atom. The quantitative estimate of drug-likeness (QED) is 0.700. The van der Waals surface area contributed by atoms with Gasteiger partial charge in [0.25, 0.3) is 0 Å². The molecule has 1 rings (SSSR count). The van der Waals surface area contributed by atoms with Crippen LogP contribution in [0.5, 0.6) is 0 Å². The zero-order valence-corrected chi connectivity index (χ0v) is 8.16. The van der Waals surface area contributed by atoms with Crippen molar-refractivity contribution in [2.75, 3.05) is 13.1 Å². The van der Waals surface area contributed by atoms with E-state index in [0.717, 1.165) is 19.5 Å². The Labute approximate surface area is 80.1 Å². The summed E-state index contributed by atoms with van der Waals surface area (Å²) in [4.78, 5) is 0. The Morgan fingerprint density at radius 2 is 1.46 bits per heavy atom. The summed E-state index contributed by atoms with van der Waals surface area (Å²) >= 11 is 0. The molecule has 0 saturated heterocycles. The molecule has 0 amide bonds. The van der Waals surface area contributed by atoms with E-state index in [-0.39, 0.29) is 5.48 Å². The summed E-state index contributed by atoms with van der Waals surface area (Å²) in [6.45, 7) is 3.52. The second kappa shape index (κ2) is 11.1. The molecule has 0 aliphatic heterocycles. The molecule has 3 heteroatoms. The Hall–Kier alpha value is -0.900. The van der Waals surface area contributed by atoms with Crippen LogP contribution >= 0.6 is 0 Å². The lowest BCUT2D eigenvalue weighted by atomic mass is 10.2. The fourth-order valence-corrected chi connectivity index (χ4v) is 0.652. The van der Waals surface area contributed by atoms with Crippen LogP contribution in [0.15, 0.2) is 30.3 Å². The van der Waals surface area contributed by atoms with Gasteiger partial charge in [0, 0.05) is 0 Å². The van der Waals surface area contributed by atoms with Gasteiger partial charge >= 0.3 is 0 Å². The minimum Gasteiger partial charge on any atom is -0.412 e. The molecule has 76 valence electrons. The van der Waals surface area contributed by atoms with Crippen LogP contribution in [0.2, 0.25) is 0 Å². The van der Waals surface area contributed by atoms with Gasteiger partial charge in [0.05, 0.1) is 0 Å². The van der Waals surface area contributed by atoms with E-state index in [9.17, 15) is 0 Å². The van der Waals surface area contributed by atoms with Crippen molar-refractivity contribution in [2.24, 2.45) is 11.5 Å². The predicted octanol–water partition coefficient (Wildman–Crippen LogP) is 0.464. The van der Waals surface area contributed by atoms with Crippen LogP contribution < -0.4 is 11.5 Å². The van der Waals surface area contributed by atoms with E-state index in [1.807, 2.05) is 18.2 Å². The Bertz CT molecular complexity index is 176. The van der Waals surface area contributed by atoms with Crippen LogP contribution in [0.1, 0.15) is 12.0 Å². The summed E-state index contributed by atoms with van der Waals surface area (Å²) in [7, 11) is 0. The molecule has 13 heavy (non-hydrogen) atoms. The van der Waals surface area contributed by atoms with Gasteiger partial charge in [-0.25, -0.2) is 0 Å². The van der Waals surface area contributed by atoms with Crippen molar-refractivity contribution < 1.29 is 5.48 Å². The maximum absolute atomic E-state index is 5.06. The predicted molar refractivity (Wildman–Crippen MR) is 57.5 cm³/mol. The molecule has 0 fully saturated rings. The molecular weight excluding hydrogens is 164 g/mol. The molecule has 0 bridgehead atoms. The normalized spacial score (nSPS) is 7.92. The minimum absolute atomic E-state index is 0. The summed E-state index contributed by atoms with van der Waals surface area (Å²) in [5.41, 5.74) is 11.4. The first-order chi connectivity index (χ1) is 5.81. The molecule has 0 spiro atoms. The highest BCUT2D eigenvalue weighted by Gasteiger charge is 1.72. The van der Waals surface area contributed by atoms with Crippen LogP contribution in [0.25, 0.3) is 0 Å². The first-order valence-electron chi connectivity index (χ1n) is 4.23. The highest BCUT2D eigenvalue weighted by Crippen LogP contribution is 1.92. The van der Waals surface area contributed by atoms with Crippen LogP contribution in [-0.2, 0) is 0 Å². The van der Waals surface area contributed by atoms with Crippen LogP contribution in [0.4, 0.5) is 0 Å². The standard InChI is InChI=1S/C7H8.C3H10N2.H2O/c1-7-5-3-2-4-6-7;4-2-1-3-5;/h2-6H,1H3;1-5H2;1H2. The van der Waals surface area contributed by atoms with E-state index in [1.54, 1.807) is 0 Å². The van der Waals surface area contributed by atoms with Gasteiger partial charge < -0.3 is 16.9 Å². The highest BCUT2D eigenvalue weighted by molar-refractivity contribution is 5.11. The van der Waals surface area contributed by atoms with E-state index >= 15 is 0 Å². The number of hydrogen-bond acceptors (Lipinski definition) is 2. The third-order valence-corrected chi connectivity index (χ3v) is 1.35. The lowest BCUT2D eigenvalue weighted by Crippen LogP contribution is -2.06. The summed E-state index contributed by atoms with van der Waals surface area (Å²) < 4.78 is 0. The monoisotopic (exact) mass is 184 g/mol. The Morgan fingerprint density at radius 3 is 1.62 bits per heavy atom. The summed E-state index contributed by atoms with van der Waals surface area (Å²) in [6, 6.07) is 10.3. The lowest BCUT2D eigenvalue weighted by molar-refractivity contribution is 0.824. The second-order valence-electron chi connectivity index (χ2n) is 2.59. The molecule has 1 aromatic carbocycles. The van der Waals surface area contributed by atoms with E-state index < -0.39 is 0 Å². The van der Waals surface area contributed by atoms with Crippen molar-refractivity contribution >= 4 is 0 Å². The van der Waals surface area contributed by atoms with Gasteiger partial charge in [0.15, 0.2) is 0 Å². The number of nitrogens with two attached hydrogens (primary N) is 2. The van der Waals surface area contributed by atoms with Gasteiger partial charge in [-0.3, -0.25) is 0 Å². The molecule has 0 saturated carbocycles. The SMILES string of the molecule is Cc1ccccc1.NCCCN.O. The maximum Gasteiger partial charge on any atom is -0.00653 e. The Balaban J connectivity index is 0. The zero-order chi connectivity index (χ0) is 9.23. The maximum atomic E-state index is 5.06. The number of hydrogen-bond donors (Lipinski definition) is 2. The zero-order valence-electron chi connectivity index (χ0n) is 8.16. The van der Waals surface area contributed by atoms with Crippen molar-refractivity contribution in [1.29, 1.82) is 0 Å². The van der Waals surface area contributed by atoms with Crippen LogP contribution in [0.3, 0.4) is 0 Å². The third-order valence-electron chi connectivity index (χ3n) is 1.35. The molecule has 1 aromatic rings. The molecule has 0 atom stereocenters. The highest BCUT2D eigenvalue weighted by atomic mass is 16.0. The lowest BCUT2D eigenvalue weighted by Gasteiger charge is -1.82. The van der Waals surface area contributed by atoms with Crippen molar-refractivity contribution in [3.8, 4) is 0 Å². The van der Waals surface area contributed by atoms with E-state index in [2.05, 4.69) is 19.1 Å². The minimum atomic E-state index is 0. The van der Waals surface area contributed by atoms with Crippen molar-refractivity contribution in [3.05, 3.63) is 35.9 Å². The van der Waals surface area contributed by atoms with E-state index in [1.165, 1.54) is 5.56 Å². The molecule has 0 aliphatic carbocycles. The average molecular weight is 184 g/mol. The summed E-state index contributed by atoms with van der Waals surface area (Å²) in [5.74, 6) is 0. The number of benzene rings is 1.